The summed E-state index contributed by atoms with van der Waals surface area (Å²) in [4.78, 5) is 56.5. The van der Waals surface area contributed by atoms with Crippen molar-refractivity contribution in [3.63, 3.8) is 0 Å². The number of anilines is 2. The van der Waals surface area contributed by atoms with Crippen LogP contribution in [0.15, 0.2) is 42.5 Å². The molecule has 3 fully saturated rings. The van der Waals surface area contributed by atoms with Gasteiger partial charge in [0.15, 0.2) is 0 Å². The van der Waals surface area contributed by atoms with E-state index in [1.807, 2.05) is 0 Å². The molecule has 0 bridgehead atoms. The quantitative estimate of drug-likeness (QED) is 0.537. The molecule has 174 valence electrons. The van der Waals surface area contributed by atoms with Crippen LogP contribution in [0, 0.1) is 11.8 Å². The summed E-state index contributed by atoms with van der Waals surface area (Å²) in [6.07, 6.45) is 1.58. The van der Waals surface area contributed by atoms with Crippen LogP contribution in [0.2, 0.25) is 5.02 Å². The first kappa shape index (κ1) is 21.3. The van der Waals surface area contributed by atoms with Crippen LogP contribution in [-0.2, 0) is 24.7 Å². The molecule has 4 aliphatic rings. The van der Waals surface area contributed by atoms with Gasteiger partial charge >= 0.3 is 5.97 Å². The van der Waals surface area contributed by atoms with E-state index in [4.69, 9.17) is 16.3 Å². The van der Waals surface area contributed by atoms with E-state index in [-0.39, 0.29) is 24.5 Å². The summed E-state index contributed by atoms with van der Waals surface area (Å²) in [5.41, 5.74) is 0.727. The van der Waals surface area contributed by atoms with Gasteiger partial charge < -0.3 is 10.1 Å². The molecule has 8 nitrogen and oxygen atoms in total. The number of carbonyl (C=O) groups is 4. The number of amides is 3. The van der Waals surface area contributed by atoms with Crippen molar-refractivity contribution in [3.8, 4) is 0 Å². The van der Waals surface area contributed by atoms with Gasteiger partial charge in [-0.2, -0.15) is 0 Å². The van der Waals surface area contributed by atoms with Gasteiger partial charge in [-0.05, 0) is 68.8 Å². The van der Waals surface area contributed by atoms with Gasteiger partial charge in [-0.25, -0.2) is 9.69 Å². The molecule has 3 amide bonds. The summed E-state index contributed by atoms with van der Waals surface area (Å²) in [5.74, 6) is -2.95. The van der Waals surface area contributed by atoms with E-state index in [9.17, 15) is 19.2 Å². The predicted molar refractivity (Wildman–Crippen MR) is 123 cm³/mol. The molecule has 1 N–H and O–H groups in total. The molecule has 0 aromatic heterocycles. The Labute approximate surface area is 200 Å². The zero-order chi connectivity index (χ0) is 23.8. The van der Waals surface area contributed by atoms with Gasteiger partial charge in [0.25, 0.3) is 0 Å². The largest absolute Gasteiger partial charge is 0.462 e. The van der Waals surface area contributed by atoms with Crippen LogP contribution in [0.5, 0.6) is 0 Å². The molecule has 6 rings (SSSR count). The molecule has 0 aliphatic carbocycles. The van der Waals surface area contributed by atoms with E-state index in [1.165, 1.54) is 17.0 Å². The molecule has 0 radical (unpaired) electrons. The number of nitrogens with zero attached hydrogens (tertiary/aromatic N) is 2. The first-order chi connectivity index (χ1) is 16.4. The second-order valence-electron chi connectivity index (χ2n) is 9.10. The number of benzene rings is 2. The average molecular weight is 480 g/mol. The van der Waals surface area contributed by atoms with Gasteiger partial charge in [0.1, 0.15) is 5.54 Å². The van der Waals surface area contributed by atoms with Gasteiger partial charge in [0.2, 0.25) is 17.7 Å². The maximum absolute atomic E-state index is 13.9. The smallest absolute Gasteiger partial charge is 0.338 e. The summed E-state index contributed by atoms with van der Waals surface area (Å²) in [5, 5.41) is 3.40. The number of imide groups is 1. The lowest BCUT2D eigenvalue weighted by molar-refractivity contribution is -0.135. The number of hydrogen-bond donors (Lipinski definition) is 1. The summed E-state index contributed by atoms with van der Waals surface area (Å²) >= 11 is 6.31. The Kier molecular flexibility index (Phi) is 4.63. The van der Waals surface area contributed by atoms with Gasteiger partial charge in [0, 0.05) is 22.3 Å². The minimum Gasteiger partial charge on any atom is -0.462 e. The Morgan fingerprint density at radius 2 is 1.91 bits per heavy atom. The van der Waals surface area contributed by atoms with Crippen molar-refractivity contribution < 1.29 is 23.9 Å². The molecule has 0 unspecified atom stereocenters. The minimum atomic E-state index is -1.27. The highest BCUT2D eigenvalue weighted by Gasteiger charge is 2.74. The Hall–Kier alpha value is -3.23. The monoisotopic (exact) mass is 479 g/mol. The third-order valence-electron chi connectivity index (χ3n) is 7.59. The fourth-order valence-corrected chi connectivity index (χ4v) is 6.56. The molecular weight excluding hydrogens is 458 g/mol. The van der Waals surface area contributed by atoms with Crippen molar-refractivity contribution in [1.82, 2.24) is 4.90 Å². The molecule has 0 saturated carbocycles. The molecular formula is C25H22ClN3O5. The first-order valence-corrected chi connectivity index (χ1v) is 11.8. The lowest BCUT2D eigenvalue weighted by atomic mass is 9.75. The van der Waals surface area contributed by atoms with Crippen molar-refractivity contribution >= 4 is 46.7 Å². The van der Waals surface area contributed by atoms with E-state index < -0.39 is 29.3 Å². The molecule has 2 aromatic carbocycles. The standard InChI is InChI=1S/C25H22ClN3O5/c1-2-34-23(32)13-5-8-15(9-6-13)29-21(30)19-18-4-3-11-28(18)25(20(19)22(29)31)16-12-14(26)7-10-17(16)27-24(25)33/h5-10,12,18-20H,2-4,11H2,1H3,(H,27,33)/t18-,19+,20-,25-/m0/s1. The minimum absolute atomic E-state index is 0.207. The van der Waals surface area contributed by atoms with E-state index in [1.54, 1.807) is 37.3 Å². The van der Waals surface area contributed by atoms with Crippen LogP contribution >= 0.6 is 11.6 Å². The topological polar surface area (TPSA) is 96.0 Å². The molecule has 4 atom stereocenters. The highest BCUT2D eigenvalue weighted by molar-refractivity contribution is 6.31. The number of rotatable bonds is 3. The molecule has 9 heteroatoms. The van der Waals surface area contributed by atoms with Crippen LogP contribution in [0.25, 0.3) is 0 Å². The van der Waals surface area contributed by atoms with Crippen LogP contribution in [0.3, 0.4) is 0 Å². The third kappa shape index (κ3) is 2.58. The lowest BCUT2D eigenvalue weighted by Gasteiger charge is -2.36. The Balaban J connectivity index is 1.45. The van der Waals surface area contributed by atoms with Crippen LogP contribution in [0.1, 0.15) is 35.7 Å². The van der Waals surface area contributed by atoms with Gasteiger partial charge in [0.05, 0.1) is 29.7 Å². The number of ether oxygens (including phenoxy) is 1. The zero-order valence-electron chi connectivity index (χ0n) is 18.4. The maximum atomic E-state index is 13.9. The fourth-order valence-electron chi connectivity index (χ4n) is 6.39. The molecule has 4 heterocycles. The van der Waals surface area contributed by atoms with Crippen molar-refractivity contribution in [2.24, 2.45) is 11.8 Å². The van der Waals surface area contributed by atoms with Gasteiger partial charge in [-0.1, -0.05) is 11.6 Å². The summed E-state index contributed by atoms with van der Waals surface area (Å²) in [6.45, 7) is 2.60. The second kappa shape index (κ2) is 7.38. The van der Waals surface area contributed by atoms with Crippen LogP contribution < -0.4 is 10.2 Å². The molecule has 1 spiro atoms. The molecule has 2 aromatic rings. The van der Waals surface area contributed by atoms with Crippen molar-refractivity contribution in [1.29, 1.82) is 0 Å². The van der Waals surface area contributed by atoms with E-state index in [0.717, 1.165) is 12.8 Å². The van der Waals surface area contributed by atoms with Crippen LogP contribution in [-0.4, -0.2) is 47.8 Å². The second-order valence-corrected chi connectivity index (χ2v) is 9.53. The van der Waals surface area contributed by atoms with Crippen molar-refractivity contribution in [3.05, 3.63) is 58.6 Å². The predicted octanol–water partition coefficient (Wildman–Crippen LogP) is 2.95. The van der Waals surface area contributed by atoms with Gasteiger partial charge in [-0.15, -0.1) is 0 Å². The average Bonchev–Trinajstić information content (AvgIpc) is 3.53. The summed E-state index contributed by atoms with van der Waals surface area (Å²) in [7, 11) is 0. The normalized spacial score (nSPS) is 29.4. The Bertz CT molecular complexity index is 1260. The first-order valence-electron chi connectivity index (χ1n) is 11.4. The number of hydrogen-bond acceptors (Lipinski definition) is 6. The SMILES string of the molecule is CCOC(=O)c1ccc(N2C(=O)[C@H]3[C@@H](C2=O)[C@@]2(C(=O)Nc4ccc(Cl)cc42)N2CCC[C@@H]32)cc1. The number of nitrogens with one attached hydrogen (secondary N) is 1. The summed E-state index contributed by atoms with van der Waals surface area (Å²) in [6, 6.07) is 11.2. The summed E-state index contributed by atoms with van der Waals surface area (Å²) < 4.78 is 5.01. The maximum Gasteiger partial charge on any atom is 0.338 e. The highest BCUT2D eigenvalue weighted by Crippen LogP contribution is 2.60. The molecule has 4 aliphatic heterocycles. The number of esters is 1. The van der Waals surface area contributed by atoms with E-state index in [0.29, 0.717) is 34.1 Å². The van der Waals surface area contributed by atoms with Crippen molar-refractivity contribution in [2.75, 3.05) is 23.4 Å². The lowest BCUT2D eigenvalue weighted by Crippen LogP contribution is -2.54. The number of fused-ring (bicyclic) bond motifs is 7. The zero-order valence-corrected chi connectivity index (χ0v) is 19.2. The van der Waals surface area contributed by atoms with E-state index in [2.05, 4.69) is 10.2 Å². The van der Waals surface area contributed by atoms with E-state index >= 15 is 0 Å². The Morgan fingerprint density at radius 3 is 2.65 bits per heavy atom. The molecule has 3 saturated heterocycles. The van der Waals surface area contributed by atoms with Gasteiger partial charge in [-0.3, -0.25) is 19.3 Å². The van der Waals surface area contributed by atoms with Crippen LogP contribution in [0.4, 0.5) is 11.4 Å². The number of halogens is 1. The Morgan fingerprint density at radius 1 is 1.15 bits per heavy atom. The highest BCUT2D eigenvalue weighted by atomic mass is 35.5. The van der Waals surface area contributed by atoms with Crippen molar-refractivity contribution in [2.45, 2.75) is 31.3 Å². The molecule has 34 heavy (non-hydrogen) atoms. The third-order valence-corrected chi connectivity index (χ3v) is 7.83. The fraction of sp³-hybridized carbons (Fsp3) is 0.360. The number of carbonyl (C=O) groups excluding carboxylic acids is 4.